The van der Waals surface area contributed by atoms with Crippen LogP contribution in [0, 0.1) is 0 Å². The molecule has 1 aliphatic rings. The van der Waals surface area contributed by atoms with E-state index in [4.69, 9.17) is 36.4 Å². The Morgan fingerprint density at radius 2 is 2.16 bits per heavy atom. The molecule has 0 spiro atoms. The van der Waals surface area contributed by atoms with E-state index < -0.39 is 38.6 Å². The topological polar surface area (TPSA) is 190 Å². The van der Waals surface area contributed by atoms with Gasteiger partial charge in [0.25, 0.3) is 0 Å². The van der Waals surface area contributed by atoms with Gasteiger partial charge < -0.3 is 30.3 Å². The number of ether oxygens (including phenoxy) is 2. The van der Waals surface area contributed by atoms with E-state index in [0.717, 1.165) is 5.39 Å². The van der Waals surface area contributed by atoms with Crippen molar-refractivity contribution in [3.05, 3.63) is 48.0 Å². The molecule has 198 valence electrons. The molecule has 2 aromatic heterocycles. The van der Waals surface area contributed by atoms with Crippen LogP contribution in [-0.2, 0) is 9.53 Å². The number of imidazole rings is 1. The number of hydrogen-bond acceptors (Lipinski definition) is 11. The molecule has 5 atom stereocenters. The third-order valence-corrected chi connectivity index (χ3v) is 6.97. The van der Waals surface area contributed by atoms with Crippen molar-refractivity contribution < 1.29 is 33.9 Å². The van der Waals surface area contributed by atoms with Gasteiger partial charge in [0, 0.05) is 11.8 Å². The summed E-state index contributed by atoms with van der Waals surface area (Å²) in [7, 11) is -2.70. The van der Waals surface area contributed by atoms with Gasteiger partial charge in [-0.2, -0.15) is 9.97 Å². The Morgan fingerprint density at radius 3 is 2.95 bits per heavy atom. The summed E-state index contributed by atoms with van der Waals surface area (Å²) in [6, 6.07) is 9.46. The van der Waals surface area contributed by atoms with E-state index in [1.165, 1.54) is 17.8 Å². The molecule has 0 aliphatic carbocycles. The van der Waals surface area contributed by atoms with Crippen molar-refractivity contribution in [2.24, 2.45) is 4.74 Å². The normalized spacial score (nSPS) is 20.6. The molecule has 5 rings (SSSR count). The van der Waals surface area contributed by atoms with Crippen molar-refractivity contribution in [3.8, 4) is 11.5 Å². The molecule has 38 heavy (non-hydrogen) atoms. The second-order valence-corrected chi connectivity index (χ2v) is 9.76. The van der Waals surface area contributed by atoms with Gasteiger partial charge in [-0.3, -0.25) is 9.09 Å². The predicted molar refractivity (Wildman–Crippen MR) is 136 cm³/mol. The number of rotatable bonds is 8. The summed E-state index contributed by atoms with van der Waals surface area (Å²) in [4.78, 5) is 35.8. The van der Waals surface area contributed by atoms with Crippen LogP contribution in [0.3, 0.4) is 0 Å². The maximum Gasteiger partial charge on any atom is 0.395 e. The lowest BCUT2D eigenvalue weighted by atomic mass is 10.1. The Balaban J connectivity index is 1.36. The fourth-order valence-corrected chi connectivity index (χ4v) is 5.03. The fourth-order valence-electron chi connectivity index (χ4n) is 4.09. The summed E-state index contributed by atoms with van der Waals surface area (Å²) in [5, 5.41) is 21.1. The van der Waals surface area contributed by atoms with Gasteiger partial charge in [-0.1, -0.05) is 35.1 Å². The summed E-state index contributed by atoms with van der Waals surface area (Å²) >= 11 is 5.94. The molecule has 1 aliphatic heterocycles. The van der Waals surface area contributed by atoms with Crippen molar-refractivity contribution in [3.63, 3.8) is 0 Å². The average molecular weight is 561 g/mol. The summed E-state index contributed by atoms with van der Waals surface area (Å²) in [6.45, 7) is 1.32. The molecule has 2 aromatic carbocycles. The molecule has 0 amide bonds. The standard InChI is InChI=1S/C23H22ClN6O7P/c1-11(22(32)33)29-38(34)37-18-14-5-3-2-4-12(14)6-7-16(18)35-9-13-8-15(31)21(36-13)30-10-26-17-19(25)27-23(24)28-20(17)30/h2-7,10-11,13,15,21,31H,8-9H2,1H3,(H,32,33)(H2,25,27,28)/t11?,13-,15+,21+/m0/s1. The summed E-state index contributed by atoms with van der Waals surface area (Å²) in [5.74, 6) is -0.701. The van der Waals surface area contributed by atoms with Crippen LogP contribution in [0.1, 0.15) is 19.6 Å². The van der Waals surface area contributed by atoms with Crippen LogP contribution in [0.15, 0.2) is 47.5 Å². The summed E-state index contributed by atoms with van der Waals surface area (Å²) in [6.07, 6.45) is -0.586. The molecule has 15 heteroatoms. The van der Waals surface area contributed by atoms with Crippen molar-refractivity contribution in [1.29, 1.82) is 0 Å². The van der Waals surface area contributed by atoms with E-state index in [-0.39, 0.29) is 35.6 Å². The maximum absolute atomic E-state index is 12.5. The first-order valence-electron chi connectivity index (χ1n) is 11.4. The number of aliphatic hydroxyl groups is 1. The SMILES string of the molecule is CC(/N=[P+](\[O-])Oc1c(OC[C@@H]2C[C@@H](O)[C@H](n3cnc4c(N)nc(Cl)nc43)O2)ccc2ccccc12)C(=O)O. The van der Waals surface area contributed by atoms with Crippen LogP contribution in [-0.4, -0.2) is 60.6 Å². The lowest BCUT2D eigenvalue weighted by Crippen LogP contribution is -2.20. The van der Waals surface area contributed by atoms with E-state index in [2.05, 4.69) is 19.7 Å². The molecule has 3 heterocycles. The Kier molecular flexibility index (Phi) is 7.28. The van der Waals surface area contributed by atoms with Crippen LogP contribution < -0.4 is 19.9 Å². The molecule has 1 fully saturated rings. The molecular weight excluding hydrogens is 539 g/mol. The van der Waals surface area contributed by atoms with Gasteiger partial charge >= 0.3 is 14.1 Å². The monoisotopic (exact) mass is 560 g/mol. The zero-order chi connectivity index (χ0) is 27.0. The highest BCUT2D eigenvalue weighted by atomic mass is 35.5. The smallest absolute Gasteiger partial charge is 0.395 e. The molecule has 13 nitrogen and oxygen atoms in total. The Bertz CT molecular complexity index is 1550. The molecular formula is C23H22ClN6O7P. The third-order valence-electron chi connectivity index (χ3n) is 5.92. The lowest BCUT2D eigenvalue weighted by Gasteiger charge is -2.17. The Hall–Kier alpha value is -3.61. The van der Waals surface area contributed by atoms with Crippen LogP contribution >= 0.6 is 19.8 Å². The molecule has 0 radical (unpaired) electrons. The zero-order valence-corrected chi connectivity index (χ0v) is 21.5. The van der Waals surface area contributed by atoms with Gasteiger partial charge in [0.1, 0.15) is 18.2 Å². The fraction of sp³-hybridized carbons (Fsp3) is 0.304. The number of nitrogens with two attached hydrogens (primary N) is 1. The highest BCUT2D eigenvalue weighted by Crippen LogP contribution is 2.41. The van der Waals surface area contributed by atoms with Crippen molar-refractivity contribution in [2.45, 2.75) is 37.8 Å². The molecule has 0 bridgehead atoms. The number of nitrogens with zero attached hydrogens (tertiary/aromatic N) is 5. The number of carboxylic acid groups (broad SMARTS) is 1. The quantitative estimate of drug-likeness (QED) is 0.212. The van der Waals surface area contributed by atoms with Crippen LogP contribution in [0.2, 0.25) is 5.28 Å². The maximum atomic E-state index is 12.5. The van der Waals surface area contributed by atoms with Gasteiger partial charge in [-0.25, -0.2) is 9.78 Å². The number of benzene rings is 2. The van der Waals surface area contributed by atoms with Crippen molar-refractivity contribution in [1.82, 2.24) is 19.5 Å². The number of halogens is 1. The van der Waals surface area contributed by atoms with E-state index in [1.54, 1.807) is 24.3 Å². The molecule has 2 unspecified atom stereocenters. The molecule has 0 saturated carbocycles. The third kappa shape index (κ3) is 5.19. The number of aliphatic hydroxyl groups excluding tert-OH is 1. The summed E-state index contributed by atoms with van der Waals surface area (Å²) in [5.41, 5.74) is 6.52. The molecule has 1 saturated heterocycles. The van der Waals surface area contributed by atoms with Crippen molar-refractivity contribution in [2.75, 3.05) is 12.3 Å². The van der Waals surface area contributed by atoms with E-state index >= 15 is 0 Å². The van der Waals surface area contributed by atoms with E-state index in [1.807, 2.05) is 12.1 Å². The first-order chi connectivity index (χ1) is 18.2. The average Bonchev–Trinajstić information content (AvgIpc) is 3.46. The van der Waals surface area contributed by atoms with Gasteiger partial charge in [0.05, 0.1) is 12.4 Å². The lowest BCUT2D eigenvalue weighted by molar-refractivity contribution is -0.169. The molecule has 4 aromatic rings. The van der Waals surface area contributed by atoms with Crippen LogP contribution in [0.25, 0.3) is 21.9 Å². The van der Waals surface area contributed by atoms with Gasteiger partial charge in [-0.05, 0) is 30.0 Å². The highest BCUT2D eigenvalue weighted by Gasteiger charge is 2.37. The van der Waals surface area contributed by atoms with Gasteiger partial charge in [0.2, 0.25) is 11.0 Å². The first kappa shape index (κ1) is 26.0. The zero-order valence-electron chi connectivity index (χ0n) is 19.8. The number of anilines is 1. The number of hydrogen-bond donors (Lipinski definition) is 3. The van der Waals surface area contributed by atoms with E-state index in [0.29, 0.717) is 16.6 Å². The number of carboxylic acids is 1. The predicted octanol–water partition coefficient (Wildman–Crippen LogP) is 2.65. The first-order valence-corrected chi connectivity index (χ1v) is 12.9. The van der Waals surface area contributed by atoms with Crippen LogP contribution in [0.5, 0.6) is 11.5 Å². The summed E-state index contributed by atoms with van der Waals surface area (Å²) < 4.78 is 22.8. The number of carbonyl (C=O) groups is 1. The number of nitrogen functional groups attached to an aromatic ring is 1. The van der Waals surface area contributed by atoms with Crippen molar-refractivity contribution >= 4 is 53.5 Å². The second kappa shape index (κ2) is 10.6. The second-order valence-electron chi connectivity index (χ2n) is 8.54. The van der Waals surface area contributed by atoms with E-state index in [9.17, 15) is 14.8 Å². The van der Waals surface area contributed by atoms with Crippen LogP contribution in [0.4, 0.5) is 5.82 Å². The number of fused-ring (bicyclic) bond motifs is 2. The molecule has 4 N–H and O–H groups in total. The Morgan fingerprint density at radius 1 is 1.37 bits per heavy atom. The number of aromatic nitrogens is 4. The minimum absolute atomic E-state index is 0.0201. The Labute approximate surface area is 221 Å². The minimum Gasteiger partial charge on any atom is -0.575 e. The highest BCUT2D eigenvalue weighted by molar-refractivity contribution is 7.34. The largest absolute Gasteiger partial charge is 0.575 e. The van der Waals surface area contributed by atoms with Gasteiger partial charge in [-0.15, -0.1) is 0 Å². The van der Waals surface area contributed by atoms with Gasteiger partial charge in [0.15, 0.2) is 29.5 Å². The minimum atomic E-state index is -2.70. The number of aliphatic carboxylic acids is 1.